The van der Waals surface area contributed by atoms with Crippen LogP contribution in [-0.4, -0.2) is 24.8 Å². The van der Waals surface area contributed by atoms with E-state index in [2.05, 4.69) is 4.99 Å². The van der Waals surface area contributed by atoms with E-state index in [0.717, 1.165) is 0 Å². The molecule has 0 bridgehead atoms. The normalized spacial score (nSPS) is 13.0. The van der Waals surface area contributed by atoms with Crippen LogP contribution in [-0.2, 0) is 9.53 Å². The summed E-state index contributed by atoms with van der Waals surface area (Å²) in [7, 11) is 0. The van der Waals surface area contributed by atoms with Crippen molar-refractivity contribution in [3.63, 3.8) is 0 Å². The standard InChI is InChI=1S/C12H19NO2/c1-5-7-11(8-9-13-6-2)12(14)15-10(3)4/h5,7-10H,6H2,1-4H3/b7-5-,11-8+,13-9+. The summed E-state index contributed by atoms with van der Waals surface area (Å²) in [5.41, 5.74) is 0.517. The van der Waals surface area contributed by atoms with Crippen LogP contribution in [0.25, 0.3) is 0 Å². The largest absolute Gasteiger partial charge is 0.459 e. The van der Waals surface area contributed by atoms with E-state index in [0.29, 0.717) is 12.1 Å². The zero-order chi connectivity index (χ0) is 11.7. The summed E-state index contributed by atoms with van der Waals surface area (Å²) in [6, 6.07) is 0. The summed E-state index contributed by atoms with van der Waals surface area (Å²) in [6.07, 6.45) is 6.69. The van der Waals surface area contributed by atoms with E-state index in [1.807, 2.05) is 27.7 Å². The highest BCUT2D eigenvalue weighted by Gasteiger charge is 2.08. The second-order valence-electron chi connectivity index (χ2n) is 3.22. The molecule has 0 fully saturated rings. The number of hydrogen-bond acceptors (Lipinski definition) is 3. The number of carbonyl (C=O) groups excluding carboxylic acids is 1. The number of hydrogen-bond donors (Lipinski definition) is 0. The van der Waals surface area contributed by atoms with Crippen LogP contribution >= 0.6 is 0 Å². The Bertz CT molecular complexity index is 275. The number of allylic oxidation sites excluding steroid dienone is 2. The van der Waals surface area contributed by atoms with E-state index in [1.165, 1.54) is 0 Å². The van der Waals surface area contributed by atoms with Gasteiger partial charge in [0, 0.05) is 12.8 Å². The lowest BCUT2D eigenvalue weighted by Crippen LogP contribution is -2.12. The second-order valence-corrected chi connectivity index (χ2v) is 3.22. The molecule has 15 heavy (non-hydrogen) atoms. The highest BCUT2D eigenvalue weighted by molar-refractivity contribution is 5.96. The first-order valence-electron chi connectivity index (χ1n) is 5.15. The van der Waals surface area contributed by atoms with Crippen molar-refractivity contribution in [3.05, 3.63) is 23.8 Å². The van der Waals surface area contributed by atoms with Crippen molar-refractivity contribution in [2.45, 2.75) is 33.8 Å². The fourth-order valence-corrected chi connectivity index (χ4v) is 0.892. The van der Waals surface area contributed by atoms with Crippen molar-refractivity contribution in [2.24, 2.45) is 4.99 Å². The third-order valence-corrected chi connectivity index (χ3v) is 1.47. The number of esters is 1. The molecule has 0 spiro atoms. The van der Waals surface area contributed by atoms with Gasteiger partial charge in [-0.15, -0.1) is 0 Å². The molecule has 0 saturated heterocycles. The topological polar surface area (TPSA) is 38.7 Å². The van der Waals surface area contributed by atoms with Crippen LogP contribution in [0.15, 0.2) is 28.8 Å². The van der Waals surface area contributed by atoms with Crippen molar-refractivity contribution in [1.82, 2.24) is 0 Å². The Morgan fingerprint density at radius 3 is 2.60 bits per heavy atom. The van der Waals surface area contributed by atoms with Crippen LogP contribution in [0.4, 0.5) is 0 Å². The van der Waals surface area contributed by atoms with Crippen molar-refractivity contribution in [2.75, 3.05) is 6.54 Å². The average Bonchev–Trinajstić information content (AvgIpc) is 2.15. The van der Waals surface area contributed by atoms with Crippen LogP contribution in [0.5, 0.6) is 0 Å². The molecule has 84 valence electrons. The quantitative estimate of drug-likeness (QED) is 0.302. The molecule has 3 nitrogen and oxygen atoms in total. The van der Waals surface area contributed by atoms with Crippen LogP contribution in [0, 0.1) is 0 Å². The molecule has 3 heteroatoms. The molecule has 0 N–H and O–H groups in total. The van der Waals surface area contributed by atoms with E-state index < -0.39 is 0 Å². The van der Waals surface area contributed by atoms with Gasteiger partial charge in [-0.3, -0.25) is 4.99 Å². The summed E-state index contributed by atoms with van der Waals surface area (Å²) in [6.45, 7) is 8.15. The smallest absolute Gasteiger partial charge is 0.338 e. The minimum atomic E-state index is -0.314. The molecule has 0 atom stereocenters. The van der Waals surface area contributed by atoms with Gasteiger partial charge in [0.1, 0.15) is 0 Å². The number of aliphatic imine (C=N–C) groups is 1. The third kappa shape index (κ3) is 6.66. The Kier molecular flexibility index (Phi) is 7.24. The Morgan fingerprint density at radius 1 is 1.47 bits per heavy atom. The highest BCUT2D eigenvalue weighted by Crippen LogP contribution is 2.02. The molecular formula is C12H19NO2. The number of ether oxygens (including phenoxy) is 1. The predicted octanol–water partition coefficient (Wildman–Crippen LogP) is 2.53. The number of rotatable bonds is 5. The van der Waals surface area contributed by atoms with Gasteiger partial charge in [-0.25, -0.2) is 4.79 Å². The van der Waals surface area contributed by atoms with Gasteiger partial charge in [-0.1, -0.05) is 12.2 Å². The maximum absolute atomic E-state index is 11.5. The van der Waals surface area contributed by atoms with E-state index >= 15 is 0 Å². The lowest BCUT2D eigenvalue weighted by atomic mass is 10.2. The molecule has 0 aliphatic carbocycles. The second kappa shape index (κ2) is 7.97. The molecule has 0 rings (SSSR count). The lowest BCUT2D eigenvalue weighted by molar-refractivity contribution is -0.142. The van der Waals surface area contributed by atoms with E-state index in [4.69, 9.17) is 4.74 Å². The molecule has 0 amide bonds. The summed E-state index contributed by atoms with van der Waals surface area (Å²) in [5, 5.41) is 0. The molecule has 0 aromatic heterocycles. The molecule has 0 saturated carbocycles. The Labute approximate surface area is 91.5 Å². The average molecular weight is 209 g/mol. The molecular weight excluding hydrogens is 190 g/mol. The summed E-state index contributed by atoms with van der Waals surface area (Å²) >= 11 is 0. The van der Waals surface area contributed by atoms with Crippen molar-refractivity contribution < 1.29 is 9.53 Å². The molecule has 0 aromatic rings. The molecule has 0 aliphatic heterocycles. The van der Waals surface area contributed by atoms with Gasteiger partial charge in [-0.2, -0.15) is 0 Å². The summed E-state index contributed by atoms with van der Waals surface area (Å²) < 4.78 is 5.08. The van der Waals surface area contributed by atoms with Gasteiger partial charge in [0.05, 0.1) is 11.7 Å². The minimum absolute atomic E-state index is 0.103. The van der Waals surface area contributed by atoms with Gasteiger partial charge in [0.15, 0.2) is 0 Å². The highest BCUT2D eigenvalue weighted by atomic mass is 16.5. The maximum atomic E-state index is 11.5. The maximum Gasteiger partial charge on any atom is 0.338 e. The third-order valence-electron chi connectivity index (χ3n) is 1.47. The molecule has 0 radical (unpaired) electrons. The molecule has 0 aliphatic rings. The number of carbonyl (C=O) groups is 1. The first kappa shape index (κ1) is 13.6. The van der Waals surface area contributed by atoms with Crippen molar-refractivity contribution >= 4 is 12.2 Å². The first-order chi connectivity index (χ1) is 7.11. The van der Waals surface area contributed by atoms with Crippen molar-refractivity contribution in [1.29, 1.82) is 0 Å². The predicted molar refractivity (Wildman–Crippen MR) is 63.2 cm³/mol. The number of nitrogens with zero attached hydrogens (tertiary/aromatic N) is 1. The van der Waals surface area contributed by atoms with Gasteiger partial charge in [0.2, 0.25) is 0 Å². The van der Waals surface area contributed by atoms with Gasteiger partial charge < -0.3 is 4.74 Å². The SMILES string of the molecule is C\C=C/C(=C\C=N\CC)C(=O)OC(C)C. The van der Waals surface area contributed by atoms with Crippen LogP contribution in [0.1, 0.15) is 27.7 Å². The van der Waals surface area contributed by atoms with E-state index in [1.54, 1.807) is 24.4 Å². The fourth-order valence-electron chi connectivity index (χ4n) is 0.892. The van der Waals surface area contributed by atoms with Crippen molar-refractivity contribution in [3.8, 4) is 0 Å². The monoisotopic (exact) mass is 209 g/mol. The van der Waals surface area contributed by atoms with Crippen LogP contribution in [0.3, 0.4) is 0 Å². The molecule has 0 aromatic carbocycles. The zero-order valence-electron chi connectivity index (χ0n) is 9.86. The summed E-state index contributed by atoms with van der Waals surface area (Å²) in [5.74, 6) is -0.314. The Morgan fingerprint density at radius 2 is 2.13 bits per heavy atom. The molecule has 0 heterocycles. The van der Waals surface area contributed by atoms with Gasteiger partial charge in [0.25, 0.3) is 0 Å². The van der Waals surface area contributed by atoms with Gasteiger partial charge >= 0.3 is 5.97 Å². The lowest BCUT2D eigenvalue weighted by Gasteiger charge is -2.07. The van der Waals surface area contributed by atoms with Gasteiger partial charge in [-0.05, 0) is 33.8 Å². The Balaban J connectivity index is 4.58. The Hall–Kier alpha value is -1.38. The molecule has 0 unspecified atom stereocenters. The fraction of sp³-hybridized carbons (Fsp3) is 0.500. The van der Waals surface area contributed by atoms with Crippen LogP contribution in [0.2, 0.25) is 0 Å². The van der Waals surface area contributed by atoms with Crippen LogP contribution < -0.4 is 0 Å². The zero-order valence-corrected chi connectivity index (χ0v) is 9.86. The first-order valence-corrected chi connectivity index (χ1v) is 5.15. The summed E-state index contributed by atoms with van der Waals surface area (Å²) in [4.78, 5) is 15.5. The van der Waals surface area contributed by atoms with E-state index in [9.17, 15) is 4.79 Å². The minimum Gasteiger partial charge on any atom is -0.459 e. The van der Waals surface area contributed by atoms with E-state index in [-0.39, 0.29) is 12.1 Å².